The Bertz CT molecular complexity index is 400. The Labute approximate surface area is 94.2 Å². The predicted molar refractivity (Wildman–Crippen MR) is 48.9 cm³/mol. The molecule has 0 aliphatic rings. The van der Waals surface area contributed by atoms with Crippen LogP contribution in [0.25, 0.3) is 0 Å². The first kappa shape index (κ1) is 13.5. The SMILES string of the molecule is COC(=O)Cc1cn(CCF)nc1C(F)(F)F. The van der Waals surface area contributed by atoms with Gasteiger partial charge in [-0.2, -0.15) is 18.3 Å². The molecule has 0 N–H and O–H groups in total. The van der Waals surface area contributed by atoms with Crippen LogP contribution in [0.15, 0.2) is 6.20 Å². The third-order valence-corrected chi connectivity index (χ3v) is 1.98. The topological polar surface area (TPSA) is 44.1 Å². The molecule has 0 bridgehead atoms. The molecule has 1 aromatic heterocycles. The van der Waals surface area contributed by atoms with Gasteiger partial charge in [0, 0.05) is 11.8 Å². The number of esters is 1. The molecule has 0 atom stereocenters. The number of ether oxygens (including phenoxy) is 1. The smallest absolute Gasteiger partial charge is 0.435 e. The molecule has 0 fully saturated rings. The van der Waals surface area contributed by atoms with Gasteiger partial charge in [-0.05, 0) is 0 Å². The molecule has 4 nitrogen and oxygen atoms in total. The van der Waals surface area contributed by atoms with Crippen LogP contribution in [0.2, 0.25) is 0 Å². The number of alkyl halides is 4. The quantitative estimate of drug-likeness (QED) is 0.605. The Morgan fingerprint density at radius 2 is 2.18 bits per heavy atom. The molecule has 0 saturated carbocycles. The number of nitrogens with zero attached hydrogens (tertiary/aromatic N) is 2. The molecular weight excluding hydrogens is 244 g/mol. The molecule has 0 saturated heterocycles. The molecule has 1 heterocycles. The van der Waals surface area contributed by atoms with Crippen LogP contribution >= 0.6 is 0 Å². The van der Waals surface area contributed by atoms with Crippen LogP contribution < -0.4 is 0 Å². The van der Waals surface area contributed by atoms with E-state index in [2.05, 4.69) is 9.84 Å². The van der Waals surface area contributed by atoms with Crippen molar-refractivity contribution in [1.29, 1.82) is 0 Å². The summed E-state index contributed by atoms with van der Waals surface area (Å²) in [6, 6.07) is 0. The number of aromatic nitrogens is 2. The first-order chi connectivity index (χ1) is 7.88. The second-order valence-corrected chi connectivity index (χ2v) is 3.21. The maximum Gasteiger partial charge on any atom is 0.435 e. The van der Waals surface area contributed by atoms with Crippen LogP contribution in [0.1, 0.15) is 11.3 Å². The average Bonchev–Trinajstić information content (AvgIpc) is 2.61. The lowest BCUT2D eigenvalue weighted by molar-refractivity contribution is -0.143. The van der Waals surface area contributed by atoms with Gasteiger partial charge in [0.15, 0.2) is 5.69 Å². The van der Waals surface area contributed by atoms with Crippen molar-refractivity contribution in [3.05, 3.63) is 17.5 Å². The summed E-state index contributed by atoms with van der Waals surface area (Å²) >= 11 is 0. The Balaban J connectivity index is 3.03. The number of carbonyl (C=O) groups is 1. The van der Waals surface area contributed by atoms with Gasteiger partial charge in [-0.1, -0.05) is 0 Å². The second-order valence-electron chi connectivity index (χ2n) is 3.21. The zero-order chi connectivity index (χ0) is 13.1. The van der Waals surface area contributed by atoms with Gasteiger partial charge >= 0.3 is 12.1 Å². The fraction of sp³-hybridized carbons (Fsp3) is 0.556. The Morgan fingerprint density at radius 3 is 2.65 bits per heavy atom. The fourth-order valence-electron chi connectivity index (χ4n) is 1.26. The Kier molecular flexibility index (Phi) is 4.08. The molecular formula is C9H10F4N2O2. The lowest BCUT2D eigenvalue weighted by atomic mass is 10.2. The highest BCUT2D eigenvalue weighted by Gasteiger charge is 2.37. The van der Waals surface area contributed by atoms with Crippen molar-refractivity contribution in [3.8, 4) is 0 Å². The third kappa shape index (κ3) is 3.43. The van der Waals surface area contributed by atoms with Gasteiger partial charge in [0.1, 0.15) is 6.67 Å². The van der Waals surface area contributed by atoms with Gasteiger partial charge in [-0.15, -0.1) is 0 Å². The van der Waals surface area contributed by atoms with E-state index in [4.69, 9.17) is 0 Å². The Hall–Kier alpha value is -1.60. The molecule has 1 rings (SSSR count). The minimum absolute atomic E-state index is 0.287. The summed E-state index contributed by atoms with van der Waals surface area (Å²) in [4.78, 5) is 10.9. The zero-order valence-corrected chi connectivity index (χ0v) is 8.92. The van der Waals surface area contributed by atoms with E-state index in [-0.39, 0.29) is 12.1 Å². The zero-order valence-electron chi connectivity index (χ0n) is 8.92. The van der Waals surface area contributed by atoms with Gasteiger partial charge in [-0.3, -0.25) is 9.48 Å². The van der Waals surface area contributed by atoms with Gasteiger partial charge in [0.2, 0.25) is 0 Å². The predicted octanol–water partition coefficient (Wildman–Crippen LogP) is 1.59. The van der Waals surface area contributed by atoms with Crippen LogP contribution in [0.3, 0.4) is 0 Å². The van der Waals surface area contributed by atoms with Crippen molar-refractivity contribution >= 4 is 5.97 Å². The van der Waals surface area contributed by atoms with Crippen molar-refractivity contribution in [2.75, 3.05) is 13.8 Å². The van der Waals surface area contributed by atoms with Gasteiger partial charge in [0.05, 0.1) is 20.1 Å². The summed E-state index contributed by atoms with van der Waals surface area (Å²) in [7, 11) is 1.07. The van der Waals surface area contributed by atoms with E-state index in [1.54, 1.807) is 0 Å². The highest BCUT2D eigenvalue weighted by molar-refractivity contribution is 5.72. The first-order valence-electron chi connectivity index (χ1n) is 4.64. The molecule has 0 radical (unpaired) electrons. The molecule has 1 aromatic rings. The van der Waals surface area contributed by atoms with Crippen LogP contribution in [0.5, 0.6) is 0 Å². The number of hydrogen-bond acceptors (Lipinski definition) is 3. The largest absolute Gasteiger partial charge is 0.469 e. The normalized spacial score (nSPS) is 11.6. The first-order valence-corrected chi connectivity index (χ1v) is 4.64. The lowest BCUT2D eigenvalue weighted by Crippen LogP contribution is -2.13. The van der Waals surface area contributed by atoms with E-state index in [0.717, 1.165) is 18.0 Å². The monoisotopic (exact) mass is 254 g/mol. The van der Waals surface area contributed by atoms with Crippen molar-refractivity contribution in [2.45, 2.75) is 19.1 Å². The summed E-state index contributed by atoms with van der Waals surface area (Å²) < 4.78 is 54.7. The van der Waals surface area contributed by atoms with Gasteiger partial charge < -0.3 is 4.74 Å². The second kappa shape index (κ2) is 5.15. The van der Waals surface area contributed by atoms with E-state index in [1.165, 1.54) is 0 Å². The fourth-order valence-corrected chi connectivity index (χ4v) is 1.26. The standard InChI is InChI=1S/C9H10F4N2O2/c1-17-7(16)4-6-5-15(3-2-10)14-8(6)9(11,12)13/h5H,2-4H2,1H3. The van der Waals surface area contributed by atoms with E-state index in [0.29, 0.717) is 0 Å². The van der Waals surface area contributed by atoms with Gasteiger partial charge in [0.25, 0.3) is 0 Å². The van der Waals surface area contributed by atoms with Crippen LogP contribution in [0, 0.1) is 0 Å². The maximum absolute atomic E-state index is 12.5. The number of hydrogen-bond donors (Lipinski definition) is 0. The number of aryl methyl sites for hydroxylation is 1. The van der Waals surface area contributed by atoms with Crippen LogP contribution in [-0.4, -0.2) is 29.5 Å². The van der Waals surface area contributed by atoms with Crippen molar-refractivity contribution < 1.29 is 27.1 Å². The van der Waals surface area contributed by atoms with Crippen molar-refractivity contribution in [1.82, 2.24) is 9.78 Å². The van der Waals surface area contributed by atoms with Crippen molar-refractivity contribution in [2.24, 2.45) is 0 Å². The molecule has 0 unspecified atom stereocenters. The minimum Gasteiger partial charge on any atom is -0.469 e. The van der Waals surface area contributed by atoms with Crippen LogP contribution in [-0.2, 0) is 28.7 Å². The molecule has 0 aliphatic heterocycles. The summed E-state index contributed by atoms with van der Waals surface area (Å²) in [5.41, 5.74) is -1.51. The highest BCUT2D eigenvalue weighted by atomic mass is 19.4. The van der Waals surface area contributed by atoms with E-state index in [1.807, 2.05) is 0 Å². The highest BCUT2D eigenvalue weighted by Crippen LogP contribution is 2.31. The molecule has 0 amide bonds. The molecule has 96 valence electrons. The summed E-state index contributed by atoms with van der Waals surface area (Å²) in [5, 5.41) is 3.20. The summed E-state index contributed by atoms with van der Waals surface area (Å²) in [6.07, 6.45) is -4.22. The molecule has 8 heteroatoms. The number of carbonyl (C=O) groups excluding carboxylic acids is 1. The minimum atomic E-state index is -4.68. The van der Waals surface area contributed by atoms with Crippen LogP contribution in [0.4, 0.5) is 17.6 Å². The van der Waals surface area contributed by atoms with E-state index >= 15 is 0 Å². The maximum atomic E-state index is 12.5. The summed E-state index contributed by atoms with van der Waals surface area (Å²) in [5.74, 6) is -0.810. The number of rotatable bonds is 4. The Morgan fingerprint density at radius 1 is 1.53 bits per heavy atom. The van der Waals surface area contributed by atoms with Gasteiger partial charge in [-0.25, -0.2) is 4.39 Å². The lowest BCUT2D eigenvalue weighted by Gasteiger charge is -2.04. The van der Waals surface area contributed by atoms with E-state index in [9.17, 15) is 22.4 Å². The number of halogens is 4. The van der Waals surface area contributed by atoms with E-state index < -0.39 is 30.9 Å². The van der Waals surface area contributed by atoms with Crippen molar-refractivity contribution in [3.63, 3.8) is 0 Å². The molecule has 17 heavy (non-hydrogen) atoms. The molecule has 0 aromatic carbocycles. The number of methoxy groups -OCH3 is 1. The molecule has 0 spiro atoms. The summed E-state index contributed by atoms with van der Waals surface area (Å²) in [6.45, 7) is -1.12. The third-order valence-electron chi connectivity index (χ3n) is 1.98. The molecule has 0 aliphatic carbocycles. The average molecular weight is 254 g/mol.